The van der Waals surface area contributed by atoms with E-state index < -0.39 is 16.1 Å². The second-order valence-electron chi connectivity index (χ2n) is 9.78. The Bertz CT molecular complexity index is 1800. The van der Waals surface area contributed by atoms with Gasteiger partial charge in [0.1, 0.15) is 11.9 Å². The number of nitrogen functional groups attached to an aromatic ring is 1. The highest BCUT2D eigenvalue weighted by Gasteiger charge is 2.32. The summed E-state index contributed by atoms with van der Waals surface area (Å²) in [6.45, 7) is 1.80. The van der Waals surface area contributed by atoms with Crippen molar-refractivity contribution in [2.75, 3.05) is 40.5 Å². The summed E-state index contributed by atoms with van der Waals surface area (Å²) in [5.74, 6) is 1.01. The number of sulfonamides is 1. The molecule has 1 aliphatic rings. The molecule has 1 amide bonds. The number of hydrogen-bond acceptors (Lipinski definition) is 9. The van der Waals surface area contributed by atoms with Crippen LogP contribution in [0.1, 0.15) is 6.42 Å². The van der Waals surface area contributed by atoms with Gasteiger partial charge in [-0.15, -0.1) is 0 Å². The van der Waals surface area contributed by atoms with Crippen LogP contribution in [0.15, 0.2) is 84.0 Å². The van der Waals surface area contributed by atoms with E-state index in [-0.39, 0.29) is 10.8 Å². The lowest BCUT2D eigenvalue weighted by Gasteiger charge is -2.32. The SMILES string of the molecule is Nc1nsc2ccc(N3CCCN(c4ncc[nH]4)CC3C(=O)Nc3ccc(-c4ccccc4S(N)(=O)=O)cc3)cc12. The van der Waals surface area contributed by atoms with E-state index in [0.717, 1.165) is 28.7 Å². The maximum atomic E-state index is 13.9. The average Bonchev–Trinajstić information content (AvgIpc) is 3.58. The zero-order valence-corrected chi connectivity index (χ0v) is 23.5. The first-order valence-electron chi connectivity index (χ1n) is 13.0. The van der Waals surface area contributed by atoms with E-state index >= 15 is 0 Å². The van der Waals surface area contributed by atoms with Gasteiger partial charge in [-0.2, -0.15) is 4.37 Å². The van der Waals surface area contributed by atoms with Crippen LogP contribution < -0.4 is 26.0 Å². The Morgan fingerprint density at radius 3 is 2.63 bits per heavy atom. The van der Waals surface area contributed by atoms with Crippen LogP contribution in [0.5, 0.6) is 0 Å². The number of hydrogen-bond donors (Lipinski definition) is 4. The van der Waals surface area contributed by atoms with Crippen molar-refractivity contribution in [3.05, 3.63) is 79.1 Å². The number of imidazole rings is 1. The maximum absolute atomic E-state index is 13.9. The lowest BCUT2D eigenvalue weighted by molar-refractivity contribution is -0.117. The van der Waals surface area contributed by atoms with Crippen molar-refractivity contribution in [2.24, 2.45) is 5.14 Å². The molecule has 11 nitrogen and oxygen atoms in total. The fourth-order valence-corrected chi connectivity index (χ4v) is 6.62. The van der Waals surface area contributed by atoms with Crippen LogP contribution >= 0.6 is 11.5 Å². The molecule has 3 aromatic carbocycles. The van der Waals surface area contributed by atoms with Gasteiger partial charge in [-0.05, 0) is 59.9 Å². The van der Waals surface area contributed by atoms with Crippen LogP contribution in [0.3, 0.4) is 0 Å². The van der Waals surface area contributed by atoms with Crippen LogP contribution in [0.25, 0.3) is 21.2 Å². The summed E-state index contributed by atoms with van der Waals surface area (Å²) in [7, 11) is -3.90. The molecule has 41 heavy (non-hydrogen) atoms. The minimum atomic E-state index is -3.90. The molecule has 1 aliphatic heterocycles. The zero-order chi connectivity index (χ0) is 28.6. The van der Waals surface area contributed by atoms with Gasteiger partial charge in [0.25, 0.3) is 0 Å². The number of amides is 1. The molecule has 1 atom stereocenters. The lowest BCUT2D eigenvalue weighted by Crippen LogP contribution is -2.49. The van der Waals surface area contributed by atoms with Gasteiger partial charge in [-0.3, -0.25) is 4.79 Å². The van der Waals surface area contributed by atoms with Gasteiger partial charge in [0, 0.05) is 47.8 Å². The summed E-state index contributed by atoms with van der Waals surface area (Å²) in [4.78, 5) is 25.7. The number of nitrogens with zero attached hydrogens (tertiary/aromatic N) is 4. The second kappa shape index (κ2) is 10.8. The number of H-pyrrole nitrogens is 1. The Morgan fingerprint density at radius 1 is 1.07 bits per heavy atom. The van der Waals surface area contributed by atoms with Gasteiger partial charge in [0.05, 0.1) is 16.1 Å². The van der Waals surface area contributed by atoms with E-state index in [1.807, 2.05) is 18.2 Å². The molecule has 1 unspecified atom stereocenters. The van der Waals surface area contributed by atoms with Gasteiger partial charge < -0.3 is 25.8 Å². The molecule has 0 radical (unpaired) electrons. The standard InChI is InChI=1S/C28H28N8O3S2/c29-26-22-16-20(10-11-24(22)40-34-26)36-15-3-14-35(28-31-12-13-32-28)17-23(36)27(37)33-19-8-6-18(7-9-19)21-4-1-2-5-25(21)41(30,38)39/h1-2,4-13,16,23H,3,14-15,17H2,(H2,29,34)(H,31,32)(H,33,37)(H2,30,38,39). The Labute approximate surface area is 241 Å². The smallest absolute Gasteiger partial charge is 0.248 e. The molecule has 210 valence electrons. The van der Waals surface area contributed by atoms with E-state index in [2.05, 4.69) is 29.5 Å². The number of nitrogens with two attached hydrogens (primary N) is 2. The van der Waals surface area contributed by atoms with Crippen LogP contribution in [0, 0.1) is 0 Å². The maximum Gasteiger partial charge on any atom is 0.248 e. The molecule has 0 saturated carbocycles. The molecule has 13 heteroatoms. The topological polar surface area (TPSA) is 163 Å². The van der Waals surface area contributed by atoms with Gasteiger partial charge >= 0.3 is 0 Å². The van der Waals surface area contributed by atoms with Gasteiger partial charge in [-0.25, -0.2) is 18.5 Å². The summed E-state index contributed by atoms with van der Waals surface area (Å²) in [6, 6.07) is 19.0. The van der Waals surface area contributed by atoms with Crippen molar-refractivity contribution in [3.8, 4) is 11.1 Å². The molecule has 0 aliphatic carbocycles. The molecule has 6 N–H and O–H groups in total. The molecule has 2 aromatic heterocycles. The number of anilines is 4. The van der Waals surface area contributed by atoms with Crippen molar-refractivity contribution in [2.45, 2.75) is 17.4 Å². The van der Waals surface area contributed by atoms with Crippen molar-refractivity contribution >= 4 is 60.7 Å². The Morgan fingerprint density at radius 2 is 1.88 bits per heavy atom. The molecular weight excluding hydrogens is 560 g/mol. The summed E-state index contributed by atoms with van der Waals surface area (Å²) >= 11 is 1.35. The highest BCUT2D eigenvalue weighted by Crippen LogP contribution is 2.32. The number of aromatic amines is 1. The quantitative estimate of drug-likeness (QED) is 0.234. The monoisotopic (exact) mass is 588 g/mol. The first kappa shape index (κ1) is 26.7. The van der Waals surface area contributed by atoms with Crippen LogP contribution in [-0.2, 0) is 14.8 Å². The number of fused-ring (bicyclic) bond motifs is 1. The van der Waals surface area contributed by atoms with E-state index in [4.69, 9.17) is 10.9 Å². The van der Waals surface area contributed by atoms with Crippen molar-refractivity contribution in [1.82, 2.24) is 14.3 Å². The summed E-state index contributed by atoms with van der Waals surface area (Å²) in [5.41, 5.74) is 8.76. The van der Waals surface area contributed by atoms with Crippen LogP contribution in [-0.4, -0.2) is 54.3 Å². The van der Waals surface area contributed by atoms with Crippen molar-refractivity contribution < 1.29 is 13.2 Å². The number of aromatic nitrogens is 3. The van der Waals surface area contributed by atoms with Crippen molar-refractivity contribution in [1.29, 1.82) is 0 Å². The molecule has 6 rings (SSSR count). The number of nitrogens with one attached hydrogen (secondary N) is 2. The first-order chi connectivity index (χ1) is 19.8. The third-order valence-corrected chi connectivity index (χ3v) is 8.96. The first-order valence-corrected chi connectivity index (χ1v) is 15.3. The zero-order valence-electron chi connectivity index (χ0n) is 21.9. The molecule has 1 saturated heterocycles. The Kier molecular flexibility index (Phi) is 7.07. The van der Waals surface area contributed by atoms with Gasteiger partial charge in [0.15, 0.2) is 0 Å². The summed E-state index contributed by atoms with van der Waals surface area (Å²) < 4.78 is 29.4. The minimum absolute atomic E-state index is 0.0438. The average molecular weight is 589 g/mol. The third kappa shape index (κ3) is 5.46. The number of carbonyl (C=O) groups excluding carboxylic acids is 1. The highest BCUT2D eigenvalue weighted by molar-refractivity contribution is 7.89. The molecule has 1 fully saturated rings. The molecule has 0 bridgehead atoms. The van der Waals surface area contributed by atoms with Crippen molar-refractivity contribution in [3.63, 3.8) is 0 Å². The molecular formula is C28H28N8O3S2. The van der Waals surface area contributed by atoms with Crippen LogP contribution in [0.2, 0.25) is 0 Å². The van der Waals surface area contributed by atoms with E-state index in [1.54, 1.807) is 54.9 Å². The number of rotatable bonds is 6. The Hall–Kier alpha value is -4.46. The van der Waals surface area contributed by atoms with Gasteiger partial charge in [0.2, 0.25) is 21.9 Å². The van der Waals surface area contributed by atoms with E-state index in [0.29, 0.717) is 41.7 Å². The predicted octanol–water partition coefficient (Wildman–Crippen LogP) is 3.64. The number of carbonyl (C=O) groups is 1. The number of primary sulfonamides is 1. The predicted molar refractivity (Wildman–Crippen MR) is 162 cm³/mol. The summed E-state index contributed by atoms with van der Waals surface area (Å²) in [6.07, 6.45) is 4.28. The molecule has 5 aromatic rings. The fraction of sp³-hybridized carbons (Fsp3) is 0.179. The minimum Gasteiger partial charge on any atom is -0.382 e. The largest absolute Gasteiger partial charge is 0.382 e. The van der Waals surface area contributed by atoms with E-state index in [9.17, 15) is 13.2 Å². The fourth-order valence-electron chi connectivity index (χ4n) is 5.18. The normalized spacial score (nSPS) is 16.1. The van der Waals surface area contributed by atoms with E-state index in [1.165, 1.54) is 17.6 Å². The third-order valence-electron chi connectivity index (χ3n) is 7.15. The molecule has 0 spiro atoms. The number of benzene rings is 3. The summed E-state index contributed by atoms with van der Waals surface area (Å²) in [5, 5.41) is 9.34. The Balaban J connectivity index is 1.30. The van der Waals surface area contributed by atoms with Gasteiger partial charge in [-0.1, -0.05) is 30.3 Å². The molecule has 3 heterocycles. The lowest BCUT2D eigenvalue weighted by atomic mass is 10.1. The van der Waals surface area contributed by atoms with Crippen LogP contribution in [0.4, 0.5) is 23.1 Å². The second-order valence-corrected chi connectivity index (χ2v) is 12.1. The highest BCUT2D eigenvalue weighted by atomic mass is 32.2.